The van der Waals surface area contributed by atoms with E-state index in [0.717, 1.165) is 36.8 Å². The monoisotopic (exact) mass is 437 g/mol. The second-order valence-electron chi connectivity index (χ2n) is 7.31. The van der Waals surface area contributed by atoms with Crippen LogP contribution in [0.3, 0.4) is 0 Å². The first-order valence-corrected chi connectivity index (χ1v) is 10.6. The van der Waals surface area contributed by atoms with Gasteiger partial charge in [-0.25, -0.2) is 0 Å². The van der Waals surface area contributed by atoms with Crippen molar-refractivity contribution in [3.05, 3.63) is 51.5 Å². The number of carbonyl (C=O) groups is 1. The average molecular weight is 438 g/mol. The molecule has 0 saturated carbocycles. The van der Waals surface area contributed by atoms with E-state index in [1.165, 1.54) is 0 Å². The van der Waals surface area contributed by atoms with Crippen LogP contribution in [0.25, 0.3) is 0 Å². The van der Waals surface area contributed by atoms with Crippen molar-refractivity contribution >= 4 is 29.1 Å². The van der Waals surface area contributed by atoms with Crippen molar-refractivity contribution in [1.82, 2.24) is 4.90 Å². The summed E-state index contributed by atoms with van der Waals surface area (Å²) in [5, 5.41) is 20.4. The second kappa shape index (κ2) is 9.59. The molecule has 0 saturated heterocycles. The highest BCUT2D eigenvalue weighted by molar-refractivity contribution is 6.37. The molecule has 0 radical (unpaired) electrons. The second-order valence-corrected chi connectivity index (χ2v) is 8.12. The van der Waals surface area contributed by atoms with E-state index in [-0.39, 0.29) is 29.9 Å². The molecule has 29 heavy (non-hydrogen) atoms. The quantitative estimate of drug-likeness (QED) is 0.588. The highest BCUT2D eigenvalue weighted by Crippen LogP contribution is 2.38. The number of nitrogens with zero attached hydrogens (tertiary/aromatic N) is 1. The van der Waals surface area contributed by atoms with E-state index in [9.17, 15) is 15.0 Å². The van der Waals surface area contributed by atoms with Crippen LogP contribution < -0.4 is 4.74 Å². The van der Waals surface area contributed by atoms with E-state index in [1.807, 2.05) is 6.92 Å². The van der Waals surface area contributed by atoms with Gasteiger partial charge in [0.05, 0.1) is 10.0 Å². The van der Waals surface area contributed by atoms with E-state index in [0.29, 0.717) is 28.9 Å². The van der Waals surface area contributed by atoms with Crippen LogP contribution in [0, 0.1) is 0 Å². The van der Waals surface area contributed by atoms with E-state index >= 15 is 0 Å². The Morgan fingerprint density at radius 3 is 2.59 bits per heavy atom. The fourth-order valence-corrected chi connectivity index (χ4v) is 4.32. The van der Waals surface area contributed by atoms with Gasteiger partial charge >= 0.3 is 0 Å². The average Bonchev–Trinajstić information content (AvgIpc) is 2.68. The highest BCUT2D eigenvalue weighted by Gasteiger charge is 2.26. The number of phenols is 2. The lowest BCUT2D eigenvalue weighted by Gasteiger charge is -2.31. The van der Waals surface area contributed by atoms with Gasteiger partial charge in [0, 0.05) is 19.0 Å². The zero-order chi connectivity index (χ0) is 21.0. The number of halogens is 2. The Hall–Kier alpha value is -2.11. The van der Waals surface area contributed by atoms with Crippen molar-refractivity contribution in [2.75, 3.05) is 19.7 Å². The molecule has 156 valence electrons. The van der Waals surface area contributed by atoms with Gasteiger partial charge in [0.1, 0.15) is 0 Å². The van der Waals surface area contributed by atoms with Gasteiger partial charge in [-0.2, -0.15) is 0 Å². The lowest BCUT2D eigenvalue weighted by Crippen LogP contribution is -2.39. The fraction of sp³-hybridized carbons (Fsp3) is 0.409. The SMILES string of the molecule is CCCN(CC1CCCc2cc(O)c(O)cc21)C(=O)COc1c(Cl)cccc1Cl. The zero-order valence-electron chi connectivity index (χ0n) is 16.3. The maximum atomic E-state index is 12.9. The molecule has 3 rings (SSSR count). The van der Waals surface area contributed by atoms with Crippen LogP contribution in [-0.4, -0.2) is 40.7 Å². The predicted octanol–water partition coefficient (Wildman–Crippen LogP) is 5.14. The summed E-state index contributed by atoms with van der Waals surface area (Å²) < 4.78 is 5.62. The maximum absolute atomic E-state index is 12.9. The molecule has 2 aromatic carbocycles. The fourth-order valence-electron chi connectivity index (χ4n) is 3.82. The van der Waals surface area contributed by atoms with Gasteiger partial charge in [0.2, 0.25) is 0 Å². The van der Waals surface area contributed by atoms with Crippen molar-refractivity contribution in [3.8, 4) is 17.2 Å². The summed E-state index contributed by atoms with van der Waals surface area (Å²) in [7, 11) is 0. The van der Waals surface area contributed by atoms with Crippen LogP contribution in [0.2, 0.25) is 10.0 Å². The molecule has 0 spiro atoms. The van der Waals surface area contributed by atoms with E-state index in [2.05, 4.69) is 0 Å². The van der Waals surface area contributed by atoms with E-state index < -0.39 is 0 Å². The zero-order valence-corrected chi connectivity index (χ0v) is 17.8. The van der Waals surface area contributed by atoms with Gasteiger partial charge in [-0.1, -0.05) is 36.2 Å². The van der Waals surface area contributed by atoms with Crippen molar-refractivity contribution in [3.63, 3.8) is 0 Å². The molecule has 1 amide bonds. The van der Waals surface area contributed by atoms with Gasteiger partial charge in [-0.15, -0.1) is 0 Å². The highest BCUT2D eigenvalue weighted by atomic mass is 35.5. The van der Waals surface area contributed by atoms with Crippen LogP contribution in [0.1, 0.15) is 43.2 Å². The third-order valence-electron chi connectivity index (χ3n) is 5.22. The number of aryl methyl sites for hydroxylation is 1. The Morgan fingerprint density at radius 1 is 1.21 bits per heavy atom. The minimum Gasteiger partial charge on any atom is -0.504 e. The molecule has 0 fully saturated rings. The molecule has 1 atom stereocenters. The number of fused-ring (bicyclic) bond motifs is 1. The molecule has 5 nitrogen and oxygen atoms in total. The lowest BCUT2D eigenvalue weighted by molar-refractivity contribution is -0.133. The van der Waals surface area contributed by atoms with Crippen LogP contribution in [0.5, 0.6) is 17.2 Å². The third kappa shape index (κ3) is 5.09. The number of hydrogen-bond donors (Lipinski definition) is 2. The molecule has 0 heterocycles. The summed E-state index contributed by atoms with van der Waals surface area (Å²) in [6.45, 7) is 3.01. The Morgan fingerprint density at radius 2 is 1.90 bits per heavy atom. The first-order chi connectivity index (χ1) is 13.9. The van der Waals surface area contributed by atoms with Crippen LogP contribution in [0.4, 0.5) is 0 Å². The van der Waals surface area contributed by atoms with Crippen LogP contribution in [-0.2, 0) is 11.2 Å². The first kappa shape index (κ1) is 21.6. The molecule has 2 N–H and O–H groups in total. The molecular formula is C22H25Cl2NO4. The van der Waals surface area contributed by atoms with Crippen molar-refractivity contribution < 1.29 is 19.7 Å². The smallest absolute Gasteiger partial charge is 0.260 e. The molecule has 0 aromatic heterocycles. The Labute approximate surface area is 180 Å². The summed E-state index contributed by atoms with van der Waals surface area (Å²) >= 11 is 12.2. The molecule has 0 aliphatic heterocycles. The number of amides is 1. The van der Waals surface area contributed by atoms with Gasteiger partial charge in [-0.3, -0.25) is 4.79 Å². The van der Waals surface area contributed by atoms with E-state index in [4.69, 9.17) is 27.9 Å². The summed E-state index contributed by atoms with van der Waals surface area (Å²) in [4.78, 5) is 14.6. The molecular weight excluding hydrogens is 413 g/mol. The normalized spacial score (nSPS) is 15.6. The van der Waals surface area contributed by atoms with E-state index in [1.54, 1.807) is 35.2 Å². The largest absolute Gasteiger partial charge is 0.504 e. The summed E-state index contributed by atoms with van der Waals surface area (Å²) in [5.41, 5.74) is 2.02. The number of rotatable bonds is 7. The lowest BCUT2D eigenvalue weighted by atomic mass is 9.82. The number of carbonyl (C=O) groups excluding carboxylic acids is 1. The van der Waals surface area contributed by atoms with Crippen molar-refractivity contribution in [2.45, 2.75) is 38.5 Å². The minimum absolute atomic E-state index is 0.101. The van der Waals surface area contributed by atoms with Gasteiger partial charge in [-0.05, 0) is 61.1 Å². The standard InChI is InChI=1S/C22H25Cl2NO4/c1-2-9-25(21(28)13-29-22-17(23)7-4-8-18(22)24)12-15-6-3-5-14-10-19(26)20(27)11-16(14)15/h4,7-8,10-11,15,26-27H,2-3,5-6,9,12-13H2,1H3. The van der Waals surface area contributed by atoms with Crippen LogP contribution in [0.15, 0.2) is 30.3 Å². The van der Waals surface area contributed by atoms with Crippen molar-refractivity contribution in [1.29, 1.82) is 0 Å². The topological polar surface area (TPSA) is 70.0 Å². The number of para-hydroxylation sites is 1. The molecule has 1 aliphatic rings. The number of phenolic OH excluding ortho intramolecular Hbond substituents is 2. The summed E-state index contributed by atoms with van der Waals surface area (Å²) in [5.74, 6) is 0.0447. The number of hydrogen-bond acceptors (Lipinski definition) is 4. The molecule has 1 unspecified atom stereocenters. The number of ether oxygens (including phenoxy) is 1. The molecule has 0 bridgehead atoms. The Kier molecular flexibility index (Phi) is 7.14. The van der Waals surface area contributed by atoms with Crippen LogP contribution >= 0.6 is 23.2 Å². The third-order valence-corrected chi connectivity index (χ3v) is 5.82. The predicted molar refractivity (Wildman–Crippen MR) is 114 cm³/mol. The van der Waals surface area contributed by atoms with Gasteiger partial charge in [0.25, 0.3) is 5.91 Å². The first-order valence-electron chi connectivity index (χ1n) is 9.80. The summed E-state index contributed by atoms with van der Waals surface area (Å²) in [6.07, 6.45) is 3.57. The Balaban J connectivity index is 1.72. The maximum Gasteiger partial charge on any atom is 0.260 e. The molecule has 1 aliphatic carbocycles. The number of benzene rings is 2. The van der Waals surface area contributed by atoms with Gasteiger partial charge < -0.3 is 19.8 Å². The van der Waals surface area contributed by atoms with Gasteiger partial charge in [0.15, 0.2) is 23.9 Å². The number of aromatic hydroxyl groups is 2. The summed E-state index contributed by atoms with van der Waals surface area (Å²) in [6, 6.07) is 8.31. The molecule has 2 aromatic rings. The molecule has 7 heteroatoms. The van der Waals surface area contributed by atoms with Crippen molar-refractivity contribution in [2.24, 2.45) is 0 Å². The minimum atomic E-state index is -0.149. The Bertz CT molecular complexity index is 867.